The van der Waals surface area contributed by atoms with Crippen LogP contribution in [0.1, 0.15) is 12.5 Å². The minimum atomic E-state index is -0.753. The Kier molecular flexibility index (Phi) is 3.06. The van der Waals surface area contributed by atoms with Gasteiger partial charge in [0.25, 0.3) is 5.91 Å². The lowest BCUT2D eigenvalue weighted by molar-refractivity contribution is -0.123. The van der Waals surface area contributed by atoms with Gasteiger partial charge in [-0.1, -0.05) is 6.07 Å². The predicted octanol–water partition coefficient (Wildman–Crippen LogP) is 1.39. The van der Waals surface area contributed by atoms with Crippen molar-refractivity contribution in [3.8, 4) is 5.75 Å². The molecule has 0 radical (unpaired) electrons. The van der Waals surface area contributed by atoms with Gasteiger partial charge < -0.3 is 10.5 Å². The number of aryl methyl sites for hydroxylation is 1. The Morgan fingerprint density at radius 2 is 2.21 bits per heavy atom. The first-order chi connectivity index (χ1) is 6.50. The number of ether oxygens (including phenoxy) is 1. The van der Waals surface area contributed by atoms with Crippen molar-refractivity contribution in [2.45, 2.75) is 20.0 Å². The second-order valence-corrected chi connectivity index (χ2v) is 3.07. The average molecular weight is 197 g/mol. The number of nitrogens with two attached hydrogens (primary N) is 1. The minimum absolute atomic E-state index is 0.305. The Bertz CT molecular complexity index is 352. The van der Waals surface area contributed by atoms with Crippen LogP contribution in [0.25, 0.3) is 0 Å². The van der Waals surface area contributed by atoms with Crippen LogP contribution in [0.2, 0.25) is 0 Å². The highest BCUT2D eigenvalue weighted by Gasteiger charge is 2.10. The SMILES string of the molecule is Cc1ccc(O[C@H](C)C(N)=O)cc1F. The number of carbonyl (C=O) groups is 1. The third-order valence-corrected chi connectivity index (χ3v) is 1.86. The van der Waals surface area contributed by atoms with Crippen molar-refractivity contribution in [2.24, 2.45) is 5.73 Å². The van der Waals surface area contributed by atoms with Gasteiger partial charge in [-0.15, -0.1) is 0 Å². The lowest BCUT2D eigenvalue weighted by Crippen LogP contribution is -2.30. The second kappa shape index (κ2) is 4.09. The normalized spacial score (nSPS) is 12.2. The number of rotatable bonds is 3. The number of benzene rings is 1. The molecule has 1 amide bonds. The summed E-state index contributed by atoms with van der Waals surface area (Å²) in [6, 6.07) is 4.41. The molecule has 0 heterocycles. The molecule has 1 aromatic rings. The molecule has 14 heavy (non-hydrogen) atoms. The molecule has 76 valence electrons. The predicted molar refractivity (Wildman–Crippen MR) is 50.4 cm³/mol. The van der Waals surface area contributed by atoms with E-state index in [-0.39, 0.29) is 5.82 Å². The van der Waals surface area contributed by atoms with Crippen molar-refractivity contribution in [3.63, 3.8) is 0 Å². The summed E-state index contributed by atoms with van der Waals surface area (Å²) < 4.78 is 18.1. The van der Waals surface area contributed by atoms with Gasteiger partial charge in [-0.2, -0.15) is 0 Å². The summed E-state index contributed by atoms with van der Waals surface area (Å²) in [7, 11) is 0. The van der Waals surface area contributed by atoms with Crippen LogP contribution >= 0.6 is 0 Å². The van der Waals surface area contributed by atoms with Crippen molar-refractivity contribution in [2.75, 3.05) is 0 Å². The monoisotopic (exact) mass is 197 g/mol. The van der Waals surface area contributed by atoms with Gasteiger partial charge in [-0.05, 0) is 25.5 Å². The fraction of sp³-hybridized carbons (Fsp3) is 0.300. The summed E-state index contributed by atoms with van der Waals surface area (Å²) in [5.74, 6) is -0.635. The maximum Gasteiger partial charge on any atom is 0.258 e. The summed E-state index contributed by atoms with van der Waals surface area (Å²) >= 11 is 0. The average Bonchev–Trinajstić information content (AvgIpc) is 2.11. The molecule has 0 spiro atoms. The molecule has 4 heteroatoms. The molecule has 0 saturated carbocycles. The van der Waals surface area contributed by atoms with E-state index in [9.17, 15) is 9.18 Å². The summed E-state index contributed by atoms with van der Waals surface area (Å²) in [5, 5.41) is 0. The van der Waals surface area contributed by atoms with Gasteiger partial charge in [0.1, 0.15) is 11.6 Å². The minimum Gasteiger partial charge on any atom is -0.481 e. The molecule has 0 aliphatic rings. The zero-order valence-electron chi connectivity index (χ0n) is 8.08. The van der Waals surface area contributed by atoms with Crippen LogP contribution in [0, 0.1) is 12.7 Å². The fourth-order valence-corrected chi connectivity index (χ4v) is 0.909. The number of halogens is 1. The van der Waals surface area contributed by atoms with E-state index in [1.165, 1.54) is 13.0 Å². The third kappa shape index (κ3) is 2.45. The maximum absolute atomic E-state index is 13.0. The largest absolute Gasteiger partial charge is 0.481 e. The van der Waals surface area contributed by atoms with Crippen LogP contribution < -0.4 is 10.5 Å². The molecule has 0 aromatic heterocycles. The van der Waals surface area contributed by atoms with Gasteiger partial charge in [0, 0.05) is 6.07 Å². The molecule has 3 nitrogen and oxygen atoms in total. The molecule has 0 unspecified atom stereocenters. The molecule has 1 aromatic carbocycles. The molecular formula is C10H12FNO2. The zero-order chi connectivity index (χ0) is 10.7. The maximum atomic E-state index is 13.0. The van der Waals surface area contributed by atoms with Crippen LogP contribution in [-0.2, 0) is 4.79 Å². The van der Waals surface area contributed by atoms with E-state index in [1.54, 1.807) is 19.1 Å². The quantitative estimate of drug-likeness (QED) is 0.796. The number of hydrogen-bond donors (Lipinski definition) is 1. The molecule has 0 saturated heterocycles. The van der Waals surface area contributed by atoms with E-state index in [0.29, 0.717) is 11.3 Å². The molecular weight excluding hydrogens is 185 g/mol. The molecule has 0 aliphatic carbocycles. The standard InChI is InChI=1S/C10H12FNO2/c1-6-3-4-8(5-9(6)11)14-7(2)10(12)13/h3-5,7H,1-2H3,(H2,12,13)/t7-/m1/s1. The van der Waals surface area contributed by atoms with Crippen LogP contribution in [0.3, 0.4) is 0 Å². The fourth-order valence-electron chi connectivity index (χ4n) is 0.909. The van der Waals surface area contributed by atoms with Crippen LogP contribution in [0.4, 0.5) is 4.39 Å². The van der Waals surface area contributed by atoms with Crippen LogP contribution in [0.5, 0.6) is 5.75 Å². The smallest absolute Gasteiger partial charge is 0.258 e. The molecule has 1 rings (SSSR count). The van der Waals surface area contributed by atoms with Gasteiger partial charge >= 0.3 is 0 Å². The molecule has 0 aliphatic heterocycles. The van der Waals surface area contributed by atoms with E-state index in [4.69, 9.17) is 10.5 Å². The van der Waals surface area contributed by atoms with E-state index in [1.807, 2.05) is 0 Å². The summed E-state index contributed by atoms with van der Waals surface area (Å²) in [4.78, 5) is 10.7. The van der Waals surface area contributed by atoms with E-state index in [2.05, 4.69) is 0 Å². The Labute approximate surface area is 81.7 Å². The first-order valence-electron chi connectivity index (χ1n) is 4.23. The number of carbonyl (C=O) groups excluding carboxylic acids is 1. The highest BCUT2D eigenvalue weighted by molar-refractivity contribution is 5.78. The Morgan fingerprint density at radius 1 is 1.57 bits per heavy atom. The highest BCUT2D eigenvalue weighted by Crippen LogP contribution is 2.16. The van der Waals surface area contributed by atoms with Gasteiger partial charge in [0.15, 0.2) is 6.10 Å². The first kappa shape index (κ1) is 10.5. The summed E-state index contributed by atoms with van der Waals surface area (Å²) in [6.07, 6.45) is -0.753. The van der Waals surface area contributed by atoms with Gasteiger partial charge in [0.2, 0.25) is 0 Å². The molecule has 0 bridgehead atoms. The van der Waals surface area contributed by atoms with E-state index in [0.717, 1.165) is 0 Å². The zero-order valence-corrected chi connectivity index (χ0v) is 8.08. The molecule has 2 N–H and O–H groups in total. The molecule has 0 fully saturated rings. The van der Waals surface area contributed by atoms with Crippen molar-refractivity contribution in [3.05, 3.63) is 29.6 Å². The molecule has 1 atom stereocenters. The van der Waals surface area contributed by atoms with Crippen LogP contribution in [0.15, 0.2) is 18.2 Å². The van der Waals surface area contributed by atoms with Crippen LogP contribution in [-0.4, -0.2) is 12.0 Å². The third-order valence-electron chi connectivity index (χ3n) is 1.86. The number of primary amides is 1. The van der Waals surface area contributed by atoms with Gasteiger partial charge in [-0.3, -0.25) is 4.79 Å². The summed E-state index contributed by atoms with van der Waals surface area (Å²) in [5.41, 5.74) is 5.53. The topological polar surface area (TPSA) is 52.3 Å². The lowest BCUT2D eigenvalue weighted by atomic mass is 10.2. The van der Waals surface area contributed by atoms with E-state index < -0.39 is 12.0 Å². The Balaban J connectivity index is 2.78. The van der Waals surface area contributed by atoms with Crippen molar-refractivity contribution in [1.82, 2.24) is 0 Å². The number of hydrogen-bond acceptors (Lipinski definition) is 2. The Hall–Kier alpha value is -1.58. The lowest BCUT2D eigenvalue weighted by Gasteiger charge is -2.11. The van der Waals surface area contributed by atoms with Gasteiger partial charge in [0.05, 0.1) is 0 Å². The second-order valence-electron chi connectivity index (χ2n) is 3.07. The van der Waals surface area contributed by atoms with E-state index >= 15 is 0 Å². The van der Waals surface area contributed by atoms with Crippen molar-refractivity contribution < 1.29 is 13.9 Å². The van der Waals surface area contributed by atoms with Crippen molar-refractivity contribution >= 4 is 5.91 Å². The highest BCUT2D eigenvalue weighted by atomic mass is 19.1. The van der Waals surface area contributed by atoms with Gasteiger partial charge in [-0.25, -0.2) is 4.39 Å². The summed E-state index contributed by atoms with van der Waals surface area (Å²) in [6.45, 7) is 3.16. The Morgan fingerprint density at radius 3 is 2.71 bits per heavy atom. The first-order valence-corrected chi connectivity index (χ1v) is 4.23. The number of amides is 1. The van der Waals surface area contributed by atoms with Crippen molar-refractivity contribution in [1.29, 1.82) is 0 Å².